The Balaban J connectivity index is 2.56. The Morgan fingerprint density at radius 3 is 2.72 bits per heavy atom. The van der Waals surface area contributed by atoms with E-state index in [4.69, 9.17) is 5.73 Å². The van der Waals surface area contributed by atoms with Crippen LogP contribution < -0.4 is 11.1 Å². The minimum absolute atomic E-state index is 0.0289. The summed E-state index contributed by atoms with van der Waals surface area (Å²) in [5, 5.41) is 2.50. The van der Waals surface area contributed by atoms with E-state index in [9.17, 15) is 13.2 Å². The highest BCUT2D eigenvalue weighted by atomic mass is 32.2. The number of pyridine rings is 1. The summed E-state index contributed by atoms with van der Waals surface area (Å²) in [7, 11) is -0.426. The number of nitrogen functional groups attached to an aromatic ring is 1. The van der Waals surface area contributed by atoms with Gasteiger partial charge < -0.3 is 11.1 Å². The normalized spacial score (nSPS) is 11.5. The molecule has 0 unspecified atom stereocenters. The predicted octanol–water partition coefficient (Wildman–Crippen LogP) is -0.715. The largest absolute Gasteiger partial charge is 0.397 e. The van der Waals surface area contributed by atoms with Crippen LogP contribution in [0.5, 0.6) is 0 Å². The second kappa shape index (κ2) is 5.78. The molecule has 0 aliphatic heterocycles. The van der Waals surface area contributed by atoms with Crippen molar-refractivity contribution < 1.29 is 13.2 Å². The zero-order valence-corrected chi connectivity index (χ0v) is 11.1. The lowest BCUT2D eigenvalue weighted by Crippen LogP contribution is -2.34. The zero-order valence-electron chi connectivity index (χ0n) is 10.3. The molecule has 0 bridgehead atoms. The minimum atomic E-state index is -3.31. The Kier molecular flexibility index (Phi) is 4.62. The van der Waals surface area contributed by atoms with E-state index in [1.165, 1.54) is 32.6 Å². The lowest BCUT2D eigenvalue weighted by Gasteiger charge is -2.11. The van der Waals surface area contributed by atoms with Crippen LogP contribution in [0, 0.1) is 0 Å². The summed E-state index contributed by atoms with van der Waals surface area (Å²) in [6.45, 7) is 0.0289. The molecule has 1 aromatic rings. The highest BCUT2D eigenvalue weighted by Gasteiger charge is 2.14. The van der Waals surface area contributed by atoms with Gasteiger partial charge in [0.2, 0.25) is 10.0 Å². The first-order valence-electron chi connectivity index (χ1n) is 5.22. The molecule has 8 heteroatoms. The fourth-order valence-electron chi connectivity index (χ4n) is 1.18. The molecule has 0 aliphatic rings. The lowest BCUT2D eigenvalue weighted by molar-refractivity contribution is 0.0957. The monoisotopic (exact) mass is 272 g/mol. The molecule has 0 aliphatic carbocycles. The topological polar surface area (TPSA) is 105 Å². The number of hydrogen-bond acceptors (Lipinski definition) is 5. The summed E-state index contributed by atoms with van der Waals surface area (Å²) in [5.41, 5.74) is 6.12. The number of carbonyl (C=O) groups is 1. The fraction of sp³-hybridized carbons (Fsp3) is 0.400. The molecule has 0 saturated carbocycles. The molecule has 0 radical (unpaired) electrons. The molecule has 0 atom stereocenters. The summed E-state index contributed by atoms with van der Waals surface area (Å²) in [6.07, 6.45) is 2.81. The van der Waals surface area contributed by atoms with Crippen LogP contribution in [-0.2, 0) is 10.0 Å². The average molecular weight is 272 g/mol. The van der Waals surface area contributed by atoms with Gasteiger partial charge in [0, 0.05) is 26.8 Å². The maximum Gasteiger partial charge on any atom is 0.253 e. The van der Waals surface area contributed by atoms with Gasteiger partial charge in [-0.05, 0) is 6.07 Å². The molecule has 1 heterocycles. The molecule has 1 rings (SSSR count). The number of amides is 1. The van der Waals surface area contributed by atoms with Gasteiger partial charge in [-0.3, -0.25) is 9.78 Å². The van der Waals surface area contributed by atoms with Crippen LogP contribution in [0.4, 0.5) is 5.69 Å². The molecule has 1 amide bonds. The van der Waals surface area contributed by atoms with Crippen molar-refractivity contribution in [1.29, 1.82) is 0 Å². The van der Waals surface area contributed by atoms with E-state index in [2.05, 4.69) is 10.3 Å². The Hall–Kier alpha value is -1.67. The summed E-state index contributed by atoms with van der Waals surface area (Å²) < 4.78 is 24.0. The number of hydrogen-bond donors (Lipinski definition) is 2. The third kappa shape index (κ3) is 3.67. The van der Waals surface area contributed by atoms with Crippen LogP contribution in [0.3, 0.4) is 0 Å². The second-order valence-electron chi connectivity index (χ2n) is 3.82. The van der Waals surface area contributed by atoms with E-state index in [-0.39, 0.29) is 23.5 Å². The molecule has 7 nitrogen and oxygen atoms in total. The number of carbonyl (C=O) groups excluding carboxylic acids is 1. The van der Waals surface area contributed by atoms with Gasteiger partial charge in [0.1, 0.15) is 0 Å². The van der Waals surface area contributed by atoms with Gasteiger partial charge in [-0.25, -0.2) is 12.7 Å². The average Bonchev–Trinajstić information content (AvgIpc) is 2.29. The van der Waals surface area contributed by atoms with Crippen LogP contribution in [0.25, 0.3) is 0 Å². The van der Waals surface area contributed by atoms with Gasteiger partial charge in [-0.2, -0.15) is 0 Å². The number of nitrogens with zero attached hydrogens (tertiary/aromatic N) is 2. The van der Waals surface area contributed by atoms with E-state index in [1.54, 1.807) is 0 Å². The van der Waals surface area contributed by atoms with Gasteiger partial charge in [0.15, 0.2) is 0 Å². The number of nitrogens with two attached hydrogens (primary N) is 1. The van der Waals surface area contributed by atoms with E-state index >= 15 is 0 Å². The molecule has 0 fully saturated rings. The van der Waals surface area contributed by atoms with Crippen molar-refractivity contribution >= 4 is 21.6 Å². The molecular formula is C10H16N4O3S. The van der Waals surface area contributed by atoms with E-state index in [0.29, 0.717) is 0 Å². The van der Waals surface area contributed by atoms with Crippen LogP contribution >= 0.6 is 0 Å². The van der Waals surface area contributed by atoms with E-state index in [1.807, 2.05) is 0 Å². The quantitative estimate of drug-likeness (QED) is 0.736. The van der Waals surface area contributed by atoms with Gasteiger partial charge in [-0.15, -0.1) is 0 Å². The predicted molar refractivity (Wildman–Crippen MR) is 68.5 cm³/mol. The standard InChI is InChI=1S/C10H16N4O3S/c1-14(2)18(16,17)6-5-13-10(15)8-3-4-12-7-9(8)11/h3-4,7H,5-6,11H2,1-2H3,(H,13,15). The van der Waals surface area contributed by atoms with Crippen molar-refractivity contribution in [1.82, 2.24) is 14.6 Å². The number of aromatic nitrogens is 1. The molecule has 1 aromatic heterocycles. The summed E-state index contributed by atoms with van der Waals surface area (Å²) >= 11 is 0. The van der Waals surface area contributed by atoms with Crippen molar-refractivity contribution in [3.8, 4) is 0 Å². The number of nitrogens with one attached hydrogen (secondary N) is 1. The first kappa shape index (κ1) is 14.4. The smallest absolute Gasteiger partial charge is 0.253 e. The van der Waals surface area contributed by atoms with Crippen molar-refractivity contribution in [2.75, 3.05) is 32.1 Å². The Bertz CT molecular complexity index is 528. The fourth-order valence-corrected chi connectivity index (χ4v) is 1.91. The lowest BCUT2D eigenvalue weighted by atomic mass is 10.2. The number of anilines is 1. The zero-order chi connectivity index (χ0) is 13.8. The van der Waals surface area contributed by atoms with E-state index < -0.39 is 15.9 Å². The van der Waals surface area contributed by atoms with Crippen molar-refractivity contribution in [2.45, 2.75) is 0 Å². The molecule has 18 heavy (non-hydrogen) atoms. The first-order chi connectivity index (χ1) is 8.34. The highest BCUT2D eigenvalue weighted by Crippen LogP contribution is 2.07. The molecule has 100 valence electrons. The van der Waals surface area contributed by atoms with Gasteiger partial charge in [0.25, 0.3) is 5.91 Å². The summed E-state index contributed by atoms with van der Waals surface area (Å²) in [5.74, 6) is -0.569. The number of rotatable bonds is 5. The summed E-state index contributed by atoms with van der Waals surface area (Å²) in [4.78, 5) is 15.5. The van der Waals surface area contributed by atoms with Gasteiger partial charge >= 0.3 is 0 Å². The Morgan fingerprint density at radius 1 is 1.50 bits per heavy atom. The van der Waals surface area contributed by atoms with E-state index in [0.717, 1.165) is 4.31 Å². The minimum Gasteiger partial charge on any atom is -0.397 e. The van der Waals surface area contributed by atoms with Gasteiger partial charge in [0.05, 0.1) is 23.2 Å². The second-order valence-corrected chi connectivity index (χ2v) is 6.12. The highest BCUT2D eigenvalue weighted by molar-refractivity contribution is 7.89. The Labute approximate surface area is 106 Å². The SMILES string of the molecule is CN(C)S(=O)(=O)CCNC(=O)c1ccncc1N. The van der Waals surface area contributed by atoms with Crippen molar-refractivity contribution in [2.24, 2.45) is 0 Å². The van der Waals surface area contributed by atoms with Crippen molar-refractivity contribution in [3.05, 3.63) is 24.0 Å². The maximum atomic E-state index is 11.7. The van der Waals surface area contributed by atoms with Crippen LogP contribution in [0.15, 0.2) is 18.5 Å². The third-order valence-corrected chi connectivity index (χ3v) is 4.13. The first-order valence-corrected chi connectivity index (χ1v) is 6.83. The van der Waals surface area contributed by atoms with Crippen LogP contribution in [0.2, 0.25) is 0 Å². The molecule has 0 aromatic carbocycles. The molecule has 0 saturated heterocycles. The summed E-state index contributed by atoms with van der Waals surface area (Å²) in [6, 6.07) is 1.48. The number of sulfonamides is 1. The maximum absolute atomic E-state index is 11.7. The van der Waals surface area contributed by atoms with Crippen LogP contribution in [-0.4, -0.2) is 50.0 Å². The van der Waals surface area contributed by atoms with Crippen molar-refractivity contribution in [3.63, 3.8) is 0 Å². The van der Waals surface area contributed by atoms with Crippen LogP contribution in [0.1, 0.15) is 10.4 Å². The molecular weight excluding hydrogens is 256 g/mol. The van der Waals surface area contributed by atoms with Gasteiger partial charge in [-0.1, -0.05) is 0 Å². The molecule has 0 spiro atoms. The third-order valence-electron chi connectivity index (χ3n) is 2.30. The molecule has 3 N–H and O–H groups in total. The Morgan fingerprint density at radius 2 is 2.17 bits per heavy atom.